The summed E-state index contributed by atoms with van der Waals surface area (Å²) in [4.78, 5) is 12.3. The second kappa shape index (κ2) is 10.3. The number of ether oxygens (including phenoxy) is 1. The largest absolute Gasteiger partial charge is 0.482 e. The summed E-state index contributed by atoms with van der Waals surface area (Å²) < 4.78 is 33.5. The molecule has 1 saturated carbocycles. The van der Waals surface area contributed by atoms with Crippen LogP contribution in [-0.4, -0.2) is 27.0 Å². The molecule has 0 heterocycles. The molecule has 6 nitrogen and oxygen atoms in total. The lowest BCUT2D eigenvalue weighted by Crippen LogP contribution is -2.36. The molecule has 0 unspecified atom stereocenters. The molecule has 2 N–H and O–H groups in total. The van der Waals surface area contributed by atoms with E-state index in [9.17, 15) is 13.2 Å². The normalized spacial score (nSPS) is 16.1. The first-order valence-electron chi connectivity index (χ1n) is 10.1. The molecule has 0 aromatic heterocycles. The van der Waals surface area contributed by atoms with Gasteiger partial charge in [0.2, 0.25) is 10.0 Å². The zero-order chi connectivity index (χ0) is 21.6. The van der Waals surface area contributed by atoms with E-state index in [1.165, 1.54) is 18.2 Å². The standard InChI is InChI=1S/C22H27ClN2O4S/c1-16(17-8-4-2-5-9-17)24-22(26)15-29-21-13-12-19(14-20(21)23)30(27,28)25-18-10-6-3-7-11-18/h2,4-5,8-9,12-14,16,18,25H,3,6-7,10-11,15H2,1H3,(H,24,26)/t16-/m1/s1. The molecule has 2 aromatic carbocycles. The second-order valence-electron chi connectivity index (χ2n) is 7.54. The van der Waals surface area contributed by atoms with Crippen LogP contribution in [0.2, 0.25) is 5.02 Å². The Labute approximate surface area is 183 Å². The van der Waals surface area contributed by atoms with Gasteiger partial charge in [-0.25, -0.2) is 13.1 Å². The van der Waals surface area contributed by atoms with Crippen LogP contribution in [0.3, 0.4) is 0 Å². The van der Waals surface area contributed by atoms with Crippen molar-refractivity contribution >= 4 is 27.5 Å². The van der Waals surface area contributed by atoms with Gasteiger partial charge in [0.1, 0.15) is 5.75 Å². The quantitative estimate of drug-likeness (QED) is 0.631. The lowest BCUT2D eigenvalue weighted by atomic mass is 9.96. The molecule has 30 heavy (non-hydrogen) atoms. The van der Waals surface area contributed by atoms with Crippen molar-refractivity contribution in [2.75, 3.05) is 6.61 Å². The minimum Gasteiger partial charge on any atom is -0.482 e. The third-order valence-electron chi connectivity index (χ3n) is 5.18. The van der Waals surface area contributed by atoms with E-state index in [-0.39, 0.29) is 40.3 Å². The number of hydrogen-bond donors (Lipinski definition) is 2. The molecule has 162 valence electrons. The Hall–Kier alpha value is -2.09. The van der Waals surface area contributed by atoms with Gasteiger partial charge >= 0.3 is 0 Å². The summed E-state index contributed by atoms with van der Waals surface area (Å²) in [5, 5.41) is 3.00. The molecule has 1 aliphatic carbocycles. The van der Waals surface area contributed by atoms with Gasteiger partial charge in [-0.1, -0.05) is 61.2 Å². The second-order valence-corrected chi connectivity index (χ2v) is 9.66. The Bertz CT molecular complexity index is 960. The van der Waals surface area contributed by atoms with Crippen molar-refractivity contribution in [3.8, 4) is 5.75 Å². The highest BCUT2D eigenvalue weighted by Gasteiger charge is 2.22. The predicted molar refractivity (Wildman–Crippen MR) is 117 cm³/mol. The van der Waals surface area contributed by atoms with Gasteiger partial charge in [0.05, 0.1) is 16.0 Å². The van der Waals surface area contributed by atoms with Gasteiger partial charge in [-0.15, -0.1) is 0 Å². The fraction of sp³-hybridized carbons (Fsp3) is 0.409. The van der Waals surface area contributed by atoms with E-state index in [4.69, 9.17) is 16.3 Å². The Kier molecular flexibility index (Phi) is 7.75. The molecule has 0 saturated heterocycles. The van der Waals surface area contributed by atoms with Crippen molar-refractivity contribution in [2.45, 2.75) is 56.0 Å². The molecule has 8 heteroatoms. The summed E-state index contributed by atoms with van der Waals surface area (Å²) in [5.74, 6) is -0.0334. The fourth-order valence-electron chi connectivity index (χ4n) is 3.53. The first-order chi connectivity index (χ1) is 14.3. The number of carbonyl (C=O) groups excluding carboxylic acids is 1. The van der Waals surface area contributed by atoms with Crippen molar-refractivity contribution < 1.29 is 17.9 Å². The number of halogens is 1. The molecule has 0 bridgehead atoms. The molecule has 1 amide bonds. The summed E-state index contributed by atoms with van der Waals surface area (Å²) in [7, 11) is -3.65. The summed E-state index contributed by atoms with van der Waals surface area (Å²) in [6.07, 6.45) is 4.92. The van der Waals surface area contributed by atoms with Gasteiger partial charge in [-0.2, -0.15) is 0 Å². The zero-order valence-corrected chi connectivity index (χ0v) is 18.5. The van der Waals surface area contributed by atoms with Crippen molar-refractivity contribution in [1.29, 1.82) is 0 Å². The number of rotatable bonds is 8. The number of carbonyl (C=O) groups is 1. The Morgan fingerprint density at radius 3 is 2.50 bits per heavy atom. The third kappa shape index (κ3) is 6.20. The molecule has 0 radical (unpaired) electrons. The first kappa shape index (κ1) is 22.6. The topological polar surface area (TPSA) is 84.5 Å². The maximum Gasteiger partial charge on any atom is 0.258 e. The van der Waals surface area contributed by atoms with Crippen LogP contribution in [0.15, 0.2) is 53.4 Å². The predicted octanol–water partition coefficient (Wildman–Crippen LogP) is 4.21. The highest BCUT2D eigenvalue weighted by atomic mass is 35.5. The molecule has 3 rings (SSSR count). The average molecular weight is 451 g/mol. The summed E-state index contributed by atoms with van der Waals surface area (Å²) in [5.41, 5.74) is 0.990. The van der Waals surface area contributed by atoms with Crippen molar-refractivity contribution in [2.24, 2.45) is 0 Å². The van der Waals surface area contributed by atoms with E-state index in [1.807, 2.05) is 37.3 Å². The summed E-state index contributed by atoms with van der Waals surface area (Å²) >= 11 is 6.21. The maximum atomic E-state index is 12.6. The SMILES string of the molecule is C[C@@H](NC(=O)COc1ccc(S(=O)(=O)NC2CCCCC2)cc1Cl)c1ccccc1. The molecule has 2 aromatic rings. The lowest BCUT2D eigenvalue weighted by molar-refractivity contribution is -0.123. The highest BCUT2D eigenvalue weighted by molar-refractivity contribution is 7.89. The van der Waals surface area contributed by atoms with Crippen LogP contribution in [0.1, 0.15) is 50.6 Å². The smallest absolute Gasteiger partial charge is 0.258 e. The van der Waals surface area contributed by atoms with Crippen LogP contribution in [0.5, 0.6) is 5.75 Å². The van der Waals surface area contributed by atoms with E-state index in [1.54, 1.807) is 0 Å². The van der Waals surface area contributed by atoms with Gasteiger partial charge < -0.3 is 10.1 Å². The van der Waals surface area contributed by atoms with Gasteiger partial charge in [0, 0.05) is 6.04 Å². The zero-order valence-electron chi connectivity index (χ0n) is 16.9. The molecular formula is C22H27ClN2O4S. The van der Waals surface area contributed by atoms with Crippen LogP contribution in [0.4, 0.5) is 0 Å². The van der Waals surface area contributed by atoms with Crippen LogP contribution in [-0.2, 0) is 14.8 Å². The Morgan fingerprint density at radius 2 is 1.83 bits per heavy atom. The minimum absolute atomic E-state index is 0.0336. The summed E-state index contributed by atoms with van der Waals surface area (Å²) in [6, 6.07) is 13.7. The molecule has 1 aliphatic rings. The Balaban J connectivity index is 1.56. The molecular weight excluding hydrogens is 424 g/mol. The van der Waals surface area contributed by atoms with Gasteiger partial charge in [0.25, 0.3) is 5.91 Å². The van der Waals surface area contributed by atoms with E-state index in [0.717, 1.165) is 37.7 Å². The Morgan fingerprint density at radius 1 is 1.13 bits per heavy atom. The van der Waals surface area contributed by atoms with E-state index >= 15 is 0 Å². The van der Waals surface area contributed by atoms with Crippen LogP contribution in [0.25, 0.3) is 0 Å². The maximum absolute atomic E-state index is 12.6. The number of nitrogens with one attached hydrogen (secondary N) is 2. The molecule has 1 atom stereocenters. The van der Waals surface area contributed by atoms with E-state index in [0.29, 0.717) is 0 Å². The first-order valence-corrected chi connectivity index (χ1v) is 12.0. The molecule has 0 spiro atoms. The highest BCUT2D eigenvalue weighted by Crippen LogP contribution is 2.28. The number of sulfonamides is 1. The molecule has 0 aliphatic heterocycles. The van der Waals surface area contributed by atoms with Crippen molar-refractivity contribution in [1.82, 2.24) is 10.0 Å². The van der Waals surface area contributed by atoms with Gasteiger partial charge in [-0.3, -0.25) is 4.79 Å². The monoisotopic (exact) mass is 450 g/mol. The number of amides is 1. The minimum atomic E-state index is -3.65. The van der Waals surface area contributed by atoms with Gasteiger partial charge in [-0.05, 0) is 43.5 Å². The van der Waals surface area contributed by atoms with Crippen molar-refractivity contribution in [3.05, 3.63) is 59.1 Å². The third-order valence-corrected chi connectivity index (χ3v) is 6.99. The van der Waals surface area contributed by atoms with E-state index in [2.05, 4.69) is 10.0 Å². The van der Waals surface area contributed by atoms with Crippen LogP contribution in [0, 0.1) is 0 Å². The van der Waals surface area contributed by atoms with Crippen LogP contribution < -0.4 is 14.8 Å². The van der Waals surface area contributed by atoms with Crippen LogP contribution >= 0.6 is 11.6 Å². The van der Waals surface area contributed by atoms with Gasteiger partial charge in [0.15, 0.2) is 6.61 Å². The lowest BCUT2D eigenvalue weighted by Gasteiger charge is -2.22. The fourth-order valence-corrected chi connectivity index (χ4v) is 5.16. The summed E-state index contributed by atoms with van der Waals surface area (Å²) in [6.45, 7) is 1.67. The number of benzene rings is 2. The molecule has 1 fully saturated rings. The van der Waals surface area contributed by atoms with Crippen molar-refractivity contribution in [3.63, 3.8) is 0 Å². The van der Waals surface area contributed by atoms with E-state index < -0.39 is 10.0 Å². The average Bonchev–Trinajstić information content (AvgIpc) is 2.74. The number of hydrogen-bond acceptors (Lipinski definition) is 4.